The largest absolute Gasteiger partial charge is 0.455 e. The molecular weight excluding hydrogens is 574 g/mol. The SMILES string of the molecule is CCCCCCCc1ccc2cc(Oc3c(Br)cc(CCC(=O)OC(=O)CC)cc3Br)ccc2n1. The molecule has 2 aromatic carbocycles. The van der Waals surface area contributed by atoms with Crippen molar-refractivity contribution in [1.29, 1.82) is 0 Å². The Morgan fingerprint density at radius 3 is 2.31 bits per heavy atom. The van der Waals surface area contributed by atoms with Crippen LogP contribution in [0.5, 0.6) is 11.5 Å². The molecule has 0 aliphatic heterocycles. The Kier molecular flexibility index (Phi) is 10.7. The first-order valence-electron chi connectivity index (χ1n) is 12.2. The Morgan fingerprint density at radius 1 is 0.857 bits per heavy atom. The number of rotatable bonds is 12. The highest BCUT2D eigenvalue weighted by Gasteiger charge is 2.14. The van der Waals surface area contributed by atoms with Crippen molar-refractivity contribution in [3.8, 4) is 11.5 Å². The summed E-state index contributed by atoms with van der Waals surface area (Å²) in [5.74, 6) is 0.329. The number of fused-ring (bicyclic) bond motifs is 1. The lowest BCUT2D eigenvalue weighted by Crippen LogP contribution is -2.11. The Bertz CT molecular complexity index is 1160. The molecule has 0 spiro atoms. The zero-order chi connectivity index (χ0) is 25.2. The van der Waals surface area contributed by atoms with Gasteiger partial charge in [0.1, 0.15) is 5.75 Å². The van der Waals surface area contributed by atoms with E-state index in [9.17, 15) is 9.59 Å². The molecule has 1 aromatic heterocycles. The van der Waals surface area contributed by atoms with E-state index in [0.29, 0.717) is 17.9 Å². The predicted octanol–water partition coefficient (Wildman–Crippen LogP) is 8.48. The van der Waals surface area contributed by atoms with Gasteiger partial charge in [-0.05, 0) is 93.1 Å². The quantitative estimate of drug-likeness (QED) is 0.118. The van der Waals surface area contributed by atoms with Gasteiger partial charge in [0.2, 0.25) is 0 Å². The van der Waals surface area contributed by atoms with Crippen LogP contribution < -0.4 is 4.74 Å². The Hall–Kier alpha value is -2.25. The predicted molar refractivity (Wildman–Crippen MR) is 146 cm³/mol. The fraction of sp³-hybridized carbons (Fsp3) is 0.393. The van der Waals surface area contributed by atoms with Crippen LogP contribution in [-0.4, -0.2) is 16.9 Å². The monoisotopic (exact) mass is 603 g/mol. The molecule has 3 aromatic rings. The van der Waals surface area contributed by atoms with Crippen molar-refractivity contribution in [2.45, 2.75) is 71.6 Å². The second-order valence-electron chi connectivity index (χ2n) is 8.51. The van der Waals surface area contributed by atoms with E-state index >= 15 is 0 Å². The van der Waals surface area contributed by atoms with E-state index < -0.39 is 11.9 Å². The molecule has 0 unspecified atom stereocenters. The third-order valence-electron chi connectivity index (χ3n) is 5.67. The number of pyridine rings is 1. The summed E-state index contributed by atoms with van der Waals surface area (Å²) in [6.07, 6.45) is 8.06. The van der Waals surface area contributed by atoms with Crippen LogP contribution in [0.25, 0.3) is 10.9 Å². The van der Waals surface area contributed by atoms with Gasteiger partial charge < -0.3 is 9.47 Å². The van der Waals surface area contributed by atoms with E-state index in [1.807, 2.05) is 30.3 Å². The highest BCUT2D eigenvalue weighted by Crippen LogP contribution is 2.38. The van der Waals surface area contributed by atoms with Gasteiger partial charge in [-0.25, -0.2) is 0 Å². The molecular formula is C28H31Br2NO4. The minimum atomic E-state index is -0.520. The van der Waals surface area contributed by atoms with Gasteiger partial charge in [-0.1, -0.05) is 45.6 Å². The summed E-state index contributed by atoms with van der Waals surface area (Å²) in [6, 6.07) is 13.9. The summed E-state index contributed by atoms with van der Waals surface area (Å²) in [5, 5.41) is 1.03. The summed E-state index contributed by atoms with van der Waals surface area (Å²) < 4.78 is 12.4. The third-order valence-corrected chi connectivity index (χ3v) is 6.85. The number of aromatic nitrogens is 1. The minimum Gasteiger partial charge on any atom is -0.455 e. The zero-order valence-electron chi connectivity index (χ0n) is 20.2. The summed E-state index contributed by atoms with van der Waals surface area (Å²) in [7, 11) is 0. The first-order valence-corrected chi connectivity index (χ1v) is 13.8. The molecule has 0 saturated carbocycles. The van der Waals surface area contributed by atoms with Crippen molar-refractivity contribution in [1.82, 2.24) is 4.98 Å². The van der Waals surface area contributed by atoms with Gasteiger partial charge in [0, 0.05) is 17.5 Å². The number of esters is 2. The molecule has 186 valence electrons. The summed E-state index contributed by atoms with van der Waals surface area (Å²) in [5.41, 5.74) is 3.01. The molecule has 0 N–H and O–H groups in total. The maximum absolute atomic E-state index is 11.8. The summed E-state index contributed by atoms with van der Waals surface area (Å²) in [4.78, 5) is 27.9. The standard InChI is InChI=1S/C28H31Br2NO4/c1-3-5-6-7-8-9-21-12-11-20-18-22(13-14-25(20)31-21)34-28-23(29)16-19(17-24(28)30)10-15-27(33)35-26(32)4-2/h11-14,16-18H,3-10,15H2,1-2H3. The molecule has 0 aliphatic rings. The molecule has 5 nitrogen and oxygen atoms in total. The maximum atomic E-state index is 11.8. The van der Waals surface area contributed by atoms with Gasteiger partial charge in [0.05, 0.1) is 20.9 Å². The van der Waals surface area contributed by atoms with Crippen LogP contribution in [0.3, 0.4) is 0 Å². The van der Waals surface area contributed by atoms with Gasteiger partial charge in [-0.15, -0.1) is 0 Å². The van der Waals surface area contributed by atoms with Crippen LogP contribution in [0.1, 0.15) is 70.1 Å². The average Bonchev–Trinajstić information content (AvgIpc) is 2.84. The molecule has 0 atom stereocenters. The molecule has 0 saturated heterocycles. The van der Waals surface area contributed by atoms with Gasteiger partial charge in [0.15, 0.2) is 5.75 Å². The Labute approximate surface area is 223 Å². The molecule has 1 heterocycles. The van der Waals surface area contributed by atoms with Crippen LogP contribution in [0.15, 0.2) is 51.4 Å². The lowest BCUT2D eigenvalue weighted by atomic mass is 10.1. The summed E-state index contributed by atoms with van der Waals surface area (Å²) in [6.45, 7) is 3.89. The summed E-state index contributed by atoms with van der Waals surface area (Å²) >= 11 is 7.15. The van der Waals surface area contributed by atoms with Crippen LogP contribution in [0.2, 0.25) is 0 Å². The van der Waals surface area contributed by atoms with E-state index in [-0.39, 0.29) is 12.8 Å². The number of aryl methyl sites for hydroxylation is 2. The third kappa shape index (κ3) is 8.43. The number of ether oxygens (including phenoxy) is 2. The second kappa shape index (κ2) is 13.7. The molecule has 0 bridgehead atoms. The normalized spacial score (nSPS) is 11.0. The number of carbonyl (C=O) groups is 2. The number of hydrogen-bond donors (Lipinski definition) is 0. The number of nitrogens with zero attached hydrogens (tertiary/aromatic N) is 1. The lowest BCUT2D eigenvalue weighted by molar-refractivity contribution is -0.159. The van der Waals surface area contributed by atoms with Crippen molar-refractivity contribution >= 4 is 54.7 Å². The fourth-order valence-electron chi connectivity index (χ4n) is 3.73. The first-order chi connectivity index (χ1) is 16.9. The van der Waals surface area contributed by atoms with E-state index in [1.165, 1.54) is 32.1 Å². The number of unbranched alkanes of at least 4 members (excludes halogenated alkanes) is 4. The molecule has 0 radical (unpaired) electrons. The smallest absolute Gasteiger partial charge is 0.313 e. The van der Waals surface area contributed by atoms with Gasteiger partial charge in [-0.3, -0.25) is 14.6 Å². The Balaban J connectivity index is 1.63. The second-order valence-corrected chi connectivity index (χ2v) is 10.2. The van der Waals surface area contributed by atoms with E-state index in [4.69, 9.17) is 14.5 Å². The Morgan fingerprint density at radius 2 is 1.60 bits per heavy atom. The van der Waals surface area contributed by atoms with Crippen LogP contribution >= 0.6 is 31.9 Å². The number of carbonyl (C=O) groups excluding carboxylic acids is 2. The molecule has 0 amide bonds. The van der Waals surface area contributed by atoms with Crippen molar-refractivity contribution in [2.75, 3.05) is 0 Å². The number of hydrogen-bond acceptors (Lipinski definition) is 5. The first kappa shape index (κ1) is 27.3. The molecule has 35 heavy (non-hydrogen) atoms. The highest BCUT2D eigenvalue weighted by molar-refractivity contribution is 9.11. The fourth-order valence-corrected chi connectivity index (χ4v) is 5.17. The lowest BCUT2D eigenvalue weighted by Gasteiger charge is -2.13. The zero-order valence-corrected chi connectivity index (χ0v) is 23.4. The van der Waals surface area contributed by atoms with Crippen molar-refractivity contribution < 1.29 is 19.1 Å². The maximum Gasteiger partial charge on any atom is 0.313 e. The van der Waals surface area contributed by atoms with Crippen molar-refractivity contribution in [3.63, 3.8) is 0 Å². The van der Waals surface area contributed by atoms with E-state index in [1.54, 1.807) is 6.92 Å². The molecule has 0 fully saturated rings. The minimum absolute atomic E-state index is 0.128. The topological polar surface area (TPSA) is 65.5 Å². The van der Waals surface area contributed by atoms with Crippen LogP contribution in [-0.2, 0) is 27.2 Å². The van der Waals surface area contributed by atoms with E-state index in [0.717, 1.165) is 37.5 Å². The molecule has 0 aliphatic carbocycles. The van der Waals surface area contributed by atoms with Crippen LogP contribution in [0.4, 0.5) is 0 Å². The van der Waals surface area contributed by atoms with Crippen molar-refractivity contribution in [3.05, 3.63) is 62.7 Å². The van der Waals surface area contributed by atoms with E-state index in [2.05, 4.69) is 50.9 Å². The van der Waals surface area contributed by atoms with Crippen LogP contribution in [0, 0.1) is 0 Å². The average molecular weight is 605 g/mol. The highest BCUT2D eigenvalue weighted by atomic mass is 79.9. The number of halogens is 2. The van der Waals surface area contributed by atoms with Gasteiger partial charge in [0.25, 0.3) is 0 Å². The molecule has 7 heteroatoms. The van der Waals surface area contributed by atoms with Gasteiger partial charge in [-0.2, -0.15) is 0 Å². The van der Waals surface area contributed by atoms with Crippen molar-refractivity contribution in [2.24, 2.45) is 0 Å². The van der Waals surface area contributed by atoms with Gasteiger partial charge >= 0.3 is 11.9 Å². The number of benzene rings is 2. The molecule has 3 rings (SSSR count).